The molecule has 0 radical (unpaired) electrons. The number of nitrogens with zero attached hydrogens (tertiary/aromatic N) is 1. The van der Waals surface area contributed by atoms with Crippen molar-refractivity contribution >= 4 is 46.1 Å². The minimum absolute atomic E-state index is 0.0707. The molecule has 1 fully saturated rings. The van der Waals surface area contributed by atoms with Crippen LogP contribution in [0.25, 0.3) is 0 Å². The molecule has 0 spiro atoms. The SMILES string of the molecule is COc1ccc(C(=O)OCC(=O)NCCN2C(=O)CSC2=S)c(O)c1. The maximum atomic E-state index is 11.9. The van der Waals surface area contributed by atoms with Crippen LogP contribution in [0.1, 0.15) is 10.4 Å². The van der Waals surface area contributed by atoms with Gasteiger partial charge in [0.15, 0.2) is 6.61 Å². The summed E-state index contributed by atoms with van der Waals surface area (Å²) in [6.45, 7) is -0.0440. The van der Waals surface area contributed by atoms with E-state index in [0.29, 0.717) is 15.8 Å². The van der Waals surface area contributed by atoms with E-state index in [-0.39, 0.29) is 30.3 Å². The minimum atomic E-state index is -0.831. The van der Waals surface area contributed by atoms with Crippen LogP contribution in [0.15, 0.2) is 18.2 Å². The second-order valence-electron chi connectivity index (χ2n) is 4.91. The molecule has 0 aliphatic carbocycles. The number of rotatable bonds is 7. The maximum Gasteiger partial charge on any atom is 0.342 e. The molecule has 134 valence electrons. The molecule has 2 amide bonds. The van der Waals surface area contributed by atoms with Crippen LogP contribution in [-0.2, 0) is 14.3 Å². The van der Waals surface area contributed by atoms with Crippen molar-refractivity contribution < 1.29 is 29.0 Å². The number of hydrogen-bond donors (Lipinski definition) is 2. The third-order valence-corrected chi connectivity index (χ3v) is 4.69. The Kier molecular flexibility index (Phi) is 6.59. The number of phenolic OH excluding ortho intramolecular Hbond substituents is 1. The van der Waals surface area contributed by atoms with Crippen molar-refractivity contribution in [3.05, 3.63) is 23.8 Å². The van der Waals surface area contributed by atoms with Crippen LogP contribution in [0, 0.1) is 0 Å². The molecule has 0 bridgehead atoms. The highest BCUT2D eigenvalue weighted by Crippen LogP contribution is 2.23. The molecular weight excluding hydrogens is 368 g/mol. The smallest absolute Gasteiger partial charge is 0.342 e. The molecule has 25 heavy (non-hydrogen) atoms. The number of ether oxygens (including phenoxy) is 2. The molecule has 2 rings (SSSR count). The zero-order valence-corrected chi connectivity index (χ0v) is 14.9. The Morgan fingerprint density at radius 1 is 1.44 bits per heavy atom. The Labute approximate surface area is 153 Å². The third-order valence-electron chi connectivity index (χ3n) is 3.26. The Hall–Kier alpha value is -2.33. The second-order valence-corrected chi connectivity index (χ2v) is 6.52. The molecule has 1 aromatic rings. The number of hydrogen-bond acceptors (Lipinski definition) is 8. The Morgan fingerprint density at radius 2 is 2.20 bits per heavy atom. The van der Waals surface area contributed by atoms with Gasteiger partial charge in [-0.1, -0.05) is 24.0 Å². The lowest BCUT2D eigenvalue weighted by Gasteiger charge is -2.15. The van der Waals surface area contributed by atoms with Gasteiger partial charge < -0.3 is 19.9 Å². The first-order valence-electron chi connectivity index (χ1n) is 7.20. The highest BCUT2D eigenvalue weighted by atomic mass is 32.2. The van der Waals surface area contributed by atoms with Gasteiger partial charge in [0.05, 0.1) is 12.9 Å². The predicted octanol–water partition coefficient (Wildman–Crippen LogP) is 0.534. The molecule has 0 saturated carbocycles. The van der Waals surface area contributed by atoms with Gasteiger partial charge in [0, 0.05) is 19.2 Å². The zero-order valence-electron chi connectivity index (χ0n) is 13.3. The van der Waals surface area contributed by atoms with E-state index in [1.165, 1.54) is 42.0 Å². The van der Waals surface area contributed by atoms with Crippen molar-refractivity contribution in [1.29, 1.82) is 0 Å². The lowest BCUT2D eigenvalue weighted by Crippen LogP contribution is -2.38. The number of phenols is 1. The van der Waals surface area contributed by atoms with E-state index < -0.39 is 18.5 Å². The van der Waals surface area contributed by atoms with E-state index in [4.69, 9.17) is 21.7 Å². The zero-order chi connectivity index (χ0) is 18.4. The lowest BCUT2D eigenvalue weighted by molar-refractivity contribution is -0.126. The summed E-state index contributed by atoms with van der Waals surface area (Å²) < 4.78 is 10.2. The van der Waals surface area contributed by atoms with Gasteiger partial charge in [-0.3, -0.25) is 14.5 Å². The molecule has 2 N–H and O–H groups in total. The summed E-state index contributed by atoms with van der Waals surface area (Å²) in [4.78, 5) is 36.5. The van der Waals surface area contributed by atoms with E-state index in [1.807, 2.05) is 0 Å². The molecule has 0 atom stereocenters. The first-order chi connectivity index (χ1) is 11.9. The summed E-state index contributed by atoms with van der Waals surface area (Å²) in [6, 6.07) is 4.10. The van der Waals surface area contributed by atoms with Crippen molar-refractivity contribution in [2.24, 2.45) is 0 Å². The highest BCUT2D eigenvalue weighted by Gasteiger charge is 2.26. The van der Waals surface area contributed by atoms with Crippen molar-refractivity contribution in [2.75, 3.05) is 32.6 Å². The molecule has 1 aromatic carbocycles. The summed E-state index contributed by atoms with van der Waals surface area (Å²) in [5.74, 6) is -1.04. The maximum absolute atomic E-state index is 11.9. The van der Waals surface area contributed by atoms with Gasteiger partial charge in [-0.25, -0.2) is 4.79 Å². The molecular formula is C15H16N2O6S2. The fourth-order valence-electron chi connectivity index (χ4n) is 1.98. The summed E-state index contributed by atoms with van der Waals surface area (Å²) in [7, 11) is 1.43. The topological polar surface area (TPSA) is 105 Å². The van der Waals surface area contributed by atoms with Gasteiger partial charge in [-0.2, -0.15) is 0 Å². The van der Waals surface area contributed by atoms with Gasteiger partial charge in [0.2, 0.25) is 5.91 Å². The first kappa shape index (κ1) is 19.0. The second kappa shape index (κ2) is 8.67. The molecule has 1 saturated heterocycles. The molecule has 1 heterocycles. The van der Waals surface area contributed by atoms with Gasteiger partial charge in [0.25, 0.3) is 5.91 Å². The summed E-state index contributed by atoms with van der Waals surface area (Å²) >= 11 is 6.30. The minimum Gasteiger partial charge on any atom is -0.507 e. The van der Waals surface area contributed by atoms with Crippen molar-refractivity contribution in [2.45, 2.75) is 0 Å². The fourth-order valence-corrected chi connectivity index (χ4v) is 3.10. The Balaban J connectivity index is 1.75. The average Bonchev–Trinajstić information content (AvgIpc) is 2.91. The third kappa shape index (κ3) is 5.07. The van der Waals surface area contributed by atoms with Crippen LogP contribution >= 0.6 is 24.0 Å². The number of benzene rings is 1. The Bertz CT molecular complexity index is 693. The molecule has 10 heteroatoms. The summed E-state index contributed by atoms with van der Waals surface area (Å²) in [6.07, 6.45) is 0. The number of carbonyl (C=O) groups is 3. The molecule has 0 unspecified atom stereocenters. The van der Waals surface area contributed by atoms with Crippen LogP contribution in [-0.4, -0.2) is 64.7 Å². The van der Waals surface area contributed by atoms with Crippen LogP contribution in [0.2, 0.25) is 0 Å². The van der Waals surface area contributed by atoms with Gasteiger partial charge in [-0.05, 0) is 12.1 Å². The summed E-state index contributed by atoms with van der Waals surface area (Å²) in [5, 5.41) is 12.3. The number of nitrogens with one attached hydrogen (secondary N) is 1. The van der Waals surface area contributed by atoms with E-state index >= 15 is 0 Å². The molecule has 0 aromatic heterocycles. The fraction of sp³-hybridized carbons (Fsp3) is 0.333. The normalized spacial score (nSPS) is 13.7. The van der Waals surface area contributed by atoms with Gasteiger partial charge in [0.1, 0.15) is 21.4 Å². The number of thioether (sulfide) groups is 1. The van der Waals surface area contributed by atoms with E-state index in [1.54, 1.807) is 0 Å². The number of aromatic hydroxyl groups is 1. The van der Waals surface area contributed by atoms with Crippen LogP contribution in [0.4, 0.5) is 0 Å². The molecule has 1 aliphatic heterocycles. The van der Waals surface area contributed by atoms with Gasteiger partial charge >= 0.3 is 5.97 Å². The average molecular weight is 384 g/mol. The highest BCUT2D eigenvalue weighted by molar-refractivity contribution is 8.23. The molecule has 1 aliphatic rings. The van der Waals surface area contributed by atoms with Crippen molar-refractivity contribution in [1.82, 2.24) is 10.2 Å². The van der Waals surface area contributed by atoms with Gasteiger partial charge in [-0.15, -0.1) is 0 Å². The van der Waals surface area contributed by atoms with Crippen LogP contribution in [0.3, 0.4) is 0 Å². The monoisotopic (exact) mass is 384 g/mol. The predicted molar refractivity (Wildman–Crippen MR) is 94.7 cm³/mol. The number of amides is 2. The molecule has 8 nitrogen and oxygen atoms in total. The summed E-state index contributed by atoms with van der Waals surface area (Å²) in [5.41, 5.74) is -0.0707. The standard InChI is InChI=1S/C15H16N2O6S2/c1-22-9-2-3-10(11(18)6-9)14(21)23-7-12(19)16-4-5-17-13(20)8-25-15(17)24/h2-3,6,18H,4-5,7-8H2,1H3,(H,16,19). The van der Waals surface area contributed by atoms with E-state index in [9.17, 15) is 19.5 Å². The number of carbonyl (C=O) groups excluding carboxylic acids is 3. The first-order valence-corrected chi connectivity index (χ1v) is 8.59. The number of esters is 1. The van der Waals surface area contributed by atoms with Crippen LogP contribution < -0.4 is 10.1 Å². The number of thiocarbonyl (C=S) groups is 1. The van der Waals surface area contributed by atoms with Crippen molar-refractivity contribution in [3.63, 3.8) is 0 Å². The lowest BCUT2D eigenvalue weighted by atomic mass is 10.2. The quantitative estimate of drug-likeness (QED) is 0.518. The number of methoxy groups -OCH3 is 1. The van der Waals surface area contributed by atoms with Crippen molar-refractivity contribution in [3.8, 4) is 11.5 Å². The van der Waals surface area contributed by atoms with E-state index in [2.05, 4.69) is 5.32 Å². The van der Waals surface area contributed by atoms with E-state index in [0.717, 1.165) is 0 Å². The largest absolute Gasteiger partial charge is 0.507 e. The Morgan fingerprint density at radius 3 is 2.80 bits per heavy atom. The van der Waals surface area contributed by atoms with Crippen LogP contribution in [0.5, 0.6) is 11.5 Å².